The molecular weight excluding hydrogens is 218 g/mol. The molecule has 0 aliphatic rings. The van der Waals surface area contributed by atoms with Gasteiger partial charge in [0.25, 0.3) is 5.69 Å². The van der Waals surface area contributed by atoms with E-state index in [-0.39, 0.29) is 5.69 Å². The number of nitro groups is 1. The van der Waals surface area contributed by atoms with Crippen LogP contribution in [0.4, 0.5) is 11.4 Å². The molecule has 0 saturated heterocycles. The molecule has 0 unspecified atom stereocenters. The zero-order valence-corrected chi connectivity index (χ0v) is 10.4. The van der Waals surface area contributed by atoms with Gasteiger partial charge in [-0.05, 0) is 26.0 Å². The minimum atomic E-state index is -0.398. The molecule has 0 aliphatic carbocycles. The number of hydrogen-bond donors (Lipinski definition) is 1. The maximum absolute atomic E-state index is 10.5. The summed E-state index contributed by atoms with van der Waals surface area (Å²) in [5, 5.41) is 13.7. The fourth-order valence-corrected chi connectivity index (χ4v) is 1.65. The van der Waals surface area contributed by atoms with Gasteiger partial charge in [0.05, 0.1) is 18.0 Å². The van der Waals surface area contributed by atoms with Crippen LogP contribution >= 0.6 is 0 Å². The van der Waals surface area contributed by atoms with Crippen LogP contribution in [0.2, 0.25) is 0 Å². The molecule has 0 spiro atoms. The number of nitrogens with zero attached hydrogens (tertiary/aromatic N) is 2. The lowest BCUT2D eigenvalue weighted by Crippen LogP contribution is -2.24. The molecule has 17 heavy (non-hydrogen) atoms. The number of anilines is 1. The fraction of sp³-hybridized carbons (Fsp3) is 0.417. The topological polar surface area (TPSA) is 58.2 Å². The molecule has 0 aromatic heterocycles. The summed E-state index contributed by atoms with van der Waals surface area (Å²) in [5.41, 5.74) is 0.969. The normalized spacial score (nSPS) is 9.82. The van der Waals surface area contributed by atoms with E-state index in [9.17, 15) is 10.1 Å². The lowest BCUT2D eigenvalue weighted by atomic mass is 10.3. The average molecular weight is 236 g/mol. The molecule has 0 saturated carbocycles. The first-order chi connectivity index (χ1) is 8.08. The Bertz CT molecular complexity index is 418. The van der Waals surface area contributed by atoms with E-state index in [1.165, 1.54) is 12.1 Å². The first kappa shape index (κ1) is 13.2. The Balaban J connectivity index is 2.82. The molecule has 0 amide bonds. The maximum Gasteiger partial charge on any atom is 0.269 e. The smallest absolute Gasteiger partial charge is 0.266 e. The van der Waals surface area contributed by atoms with Crippen LogP contribution in [0.5, 0.6) is 0 Å². The van der Waals surface area contributed by atoms with E-state index in [0.29, 0.717) is 0 Å². The Morgan fingerprint density at radius 1 is 1.24 bits per heavy atom. The van der Waals surface area contributed by atoms with Gasteiger partial charge in [-0.25, -0.2) is 5.32 Å². The van der Waals surface area contributed by atoms with Crippen molar-refractivity contribution < 1.29 is 9.50 Å². The SMILES string of the molecule is CC[N+](CC)=C(C)Nc1ccc([N+](=O)[O-])cc1. The van der Waals surface area contributed by atoms with Crippen molar-refractivity contribution in [3.05, 3.63) is 34.4 Å². The van der Waals surface area contributed by atoms with Crippen LogP contribution in [0.1, 0.15) is 20.8 Å². The molecule has 0 fully saturated rings. The molecule has 0 aliphatic heterocycles. The second kappa shape index (κ2) is 5.98. The summed E-state index contributed by atoms with van der Waals surface area (Å²) < 4.78 is 2.18. The van der Waals surface area contributed by atoms with E-state index >= 15 is 0 Å². The number of non-ortho nitro benzene ring substituents is 1. The monoisotopic (exact) mass is 236 g/mol. The quantitative estimate of drug-likeness (QED) is 0.287. The summed E-state index contributed by atoms with van der Waals surface area (Å²) in [6, 6.07) is 6.42. The molecule has 5 heteroatoms. The Morgan fingerprint density at radius 3 is 2.18 bits per heavy atom. The molecule has 92 valence electrons. The van der Waals surface area contributed by atoms with Crippen molar-refractivity contribution in [3.63, 3.8) is 0 Å². The molecule has 5 nitrogen and oxygen atoms in total. The van der Waals surface area contributed by atoms with Crippen molar-refractivity contribution in [1.29, 1.82) is 0 Å². The minimum absolute atomic E-state index is 0.107. The molecule has 1 aromatic rings. The summed E-state index contributed by atoms with van der Waals surface area (Å²) in [6.07, 6.45) is 0. The molecule has 1 rings (SSSR count). The maximum atomic E-state index is 10.5. The molecule has 0 heterocycles. The zero-order chi connectivity index (χ0) is 12.8. The highest BCUT2D eigenvalue weighted by Crippen LogP contribution is 2.15. The Labute approximate surface area is 101 Å². The van der Waals surface area contributed by atoms with Crippen molar-refractivity contribution in [1.82, 2.24) is 0 Å². The number of amidine groups is 1. The summed E-state index contributed by atoms with van der Waals surface area (Å²) in [4.78, 5) is 10.1. The summed E-state index contributed by atoms with van der Waals surface area (Å²) >= 11 is 0. The van der Waals surface area contributed by atoms with Crippen molar-refractivity contribution in [2.75, 3.05) is 18.4 Å². The van der Waals surface area contributed by atoms with Gasteiger partial charge < -0.3 is 0 Å². The van der Waals surface area contributed by atoms with Gasteiger partial charge in [0.15, 0.2) is 0 Å². The summed E-state index contributed by atoms with van der Waals surface area (Å²) in [6.45, 7) is 8.04. The van der Waals surface area contributed by atoms with Crippen molar-refractivity contribution in [3.8, 4) is 0 Å². The largest absolute Gasteiger partial charge is 0.269 e. The van der Waals surface area contributed by atoms with Gasteiger partial charge in [-0.15, -0.1) is 0 Å². The first-order valence-electron chi connectivity index (χ1n) is 5.68. The lowest BCUT2D eigenvalue weighted by Gasteiger charge is -2.06. The van der Waals surface area contributed by atoms with Gasteiger partial charge in [0, 0.05) is 19.1 Å². The van der Waals surface area contributed by atoms with E-state index in [4.69, 9.17) is 0 Å². The number of nitro benzene ring substituents is 1. The first-order valence-corrected chi connectivity index (χ1v) is 5.68. The molecule has 0 bridgehead atoms. The van der Waals surface area contributed by atoms with Crippen LogP contribution in [0, 0.1) is 10.1 Å². The number of rotatable bonds is 4. The van der Waals surface area contributed by atoms with Gasteiger partial charge in [0.2, 0.25) is 5.84 Å². The van der Waals surface area contributed by atoms with Gasteiger partial charge >= 0.3 is 0 Å². The second-order valence-electron chi connectivity index (χ2n) is 3.69. The lowest BCUT2D eigenvalue weighted by molar-refractivity contribution is -0.521. The van der Waals surface area contributed by atoms with Crippen LogP contribution in [-0.4, -0.2) is 28.4 Å². The third kappa shape index (κ3) is 3.55. The van der Waals surface area contributed by atoms with Gasteiger partial charge in [-0.2, -0.15) is 0 Å². The second-order valence-corrected chi connectivity index (χ2v) is 3.69. The van der Waals surface area contributed by atoms with Crippen LogP contribution in [-0.2, 0) is 0 Å². The van der Waals surface area contributed by atoms with Gasteiger partial charge in [-0.1, -0.05) is 0 Å². The fourth-order valence-electron chi connectivity index (χ4n) is 1.65. The van der Waals surface area contributed by atoms with E-state index in [0.717, 1.165) is 24.6 Å². The van der Waals surface area contributed by atoms with Crippen LogP contribution in [0.3, 0.4) is 0 Å². The van der Waals surface area contributed by atoms with E-state index in [1.54, 1.807) is 12.1 Å². The molecule has 0 atom stereocenters. The molecule has 0 radical (unpaired) electrons. The third-order valence-electron chi connectivity index (χ3n) is 2.64. The highest BCUT2D eigenvalue weighted by molar-refractivity contribution is 5.89. The Kier molecular flexibility index (Phi) is 4.63. The zero-order valence-electron chi connectivity index (χ0n) is 10.4. The van der Waals surface area contributed by atoms with Crippen molar-refractivity contribution in [2.45, 2.75) is 20.8 Å². The summed E-state index contributed by atoms with van der Waals surface area (Å²) in [5.74, 6) is 1.05. The molecular formula is C12H18N3O2+. The molecule has 1 N–H and O–H groups in total. The van der Waals surface area contributed by atoms with E-state index in [1.807, 2.05) is 6.92 Å². The van der Waals surface area contributed by atoms with E-state index in [2.05, 4.69) is 23.7 Å². The minimum Gasteiger partial charge on any atom is -0.266 e. The van der Waals surface area contributed by atoms with E-state index < -0.39 is 4.92 Å². The van der Waals surface area contributed by atoms with Crippen LogP contribution < -0.4 is 5.32 Å². The molecule has 1 aromatic carbocycles. The Morgan fingerprint density at radius 2 is 1.76 bits per heavy atom. The predicted molar refractivity (Wildman–Crippen MR) is 68.7 cm³/mol. The number of nitrogens with one attached hydrogen (secondary N) is 1. The number of hydrogen-bond acceptors (Lipinski definition) is 2. The van der Waals surface area contributed by atoms with Crippen LogP contribution in [0.25, 0.3) is 0 Å². The van der Waals surface area contributed by atoms with Crippen molar-refractivity contribution >= 4 is 17.2 Å². The standard InChI is InChI=1S/C12H17N3O2/c1-4-14(5-2)10(3)13-11-6-8-12(9-7-11)15(16)17/h6-9H,4-5H2,1-3H3/p+1. The van der Waals surface area contributed by atoms with Crippen LogP contribution in [0.15, 0.2) is 24.3 Å². The third-order valence-corrected chi connectivity index (χ3v) is 2.64. The van der Waals surface area contributed by atoms with Gasteiger partial charge in [-0.3, -0.25) is 14.7 Å². The predicted octanol–water partition coefficient (Wildman–Crippen LogP) is 2.48. The number of benzene rings is 1. The highest BCUT2D eigenvalue weighted by atomic mass is 16.6. The Hall–Kier alpha value is -1.91. The van der Waals surface area contributed by atoms with Gasteiger partial charge in [0.1, 0.15) is 5.69 Å². The summed E-state index contributed by atoms with van der Waals surface area (Å²) in [7, 11) is 0. The highest BCUT2D eigenvalue weighted by Gasteiger charge is 2.08. The van der Waals surface area contributed by atoms with Crippen molar-refractivity contribution in [2.24, 2.45) is 0 Å². The average Bonchev–Trinajstić information content (AvgIpc) is 2.31.